The third-order valence-corrected chi connectivity index (χ3v) is 13.9. The Morgan fingerprint density at radius 1 is 0.969 bits per heavy atom. The van der Waals surface area contributed by atoms with E-state index in [1.807, 2.05) is 63.5 Å². The predicted octanol–water partition coefficient (Wildman–Crippen LogP) is 6.21. The van der Waals surface area contributed by atoms with E-state index < -0.39 is 23.6 Å². The van der Waals surface area contributed by atoms with Crippen LogP contribution in [0.25, 0.3) is 21.7 Å². The molecule has 4 amide bonds. The van der Waals surface area contributed by atoms with Gasteiger partial charge in [0.05, 0.1) is 28.8 Å². The molecule has 3 saturated carbocycles. The molecule has 1 saturated heterocycles. The second-order valence-corrected chi connectivity index (χ2v) is 20.0. The van der Waals surface area contributed by atoms with Crippen LogP contribution in [0, 0.1) is 17.8 Å². The van der Waals surface area contributed by atoms with Crippen LogP contribution in [0.3, 0.4) is 0 Å². The number of aryl methyl sites for hydroxylation is 1. The number of benzene rings is 2. The number of amides is 4. The minimum atomic E-state index is -0.874. The van der Waals surface area contributed by atoms with Gasteiger partial charge in [0.2, 0.25) is 23.6 Å². The molecule has 0 unspecified atom stereocenters. The highest BCUT2D eigenvalue weighted by molar-refractivity contribution is 7.13. The molecule has 2 bridgehead atoms. The van der Waals surface area contributed by atoms with Crippen LogP contribution in [0.4, 0.5) is 5.82 Å². The lowest BCUT2D eigenvalue weighted by Crippen LogP contribution is -2.74. The van der Waals surface area contributed by atoms with E-state index in [1.54, 1.807) is 35.6 Å². The number of ether oxygens (including phenoxy) is 1. The molecule has 64 heavy (non-hydrogen) atoms. The average Bonchev–Trinajstić information content (AvgIpc) is 3.85. The maximum Gasteiger partial charge on any atom is 0.246 e. The predicted molar refractivity (Wildman–Crippen MR) is 245 cm³/mol. The Balaban J connectivity index is 0.765. The number of nitrogen functional groups attached to an aromatic ring is 1. The molecule has 7 N–H and O–H groups in total. The number of nitrogens with two attached hydrogens (primary N) is 1. The Hall–Kier alpha value is -5.61. The number of aliphatic hydroxyl groups excluding tert-OH is 1. The van der Waals surface area contributed by atoms with Crippen LogP contribution in [0.5, 0.6) is 11.5 Å². The molecule has 3 aliphatic carbocycles. The molecule has 0 spiro atoms. The van der Waals surface area contributed by atoms with Gasteiger partial charge in [0.15, 0.2) is 11.6 Å². The van der Waals surface area contributed by atoms with Crippen molar-refractivity contribution < 1.29 is 34.1 Å². The SMILES string of the molecule is Cc1ncsc1-c1ccc(CNC(=O)[C@@H]2C[C@@H](O)CN2C(=O)[C@@H](NC(=O)CCCCCCCC(=O)NC23CC(CCOc4cc(-c5ccccc5O)nnc4N)(C2)C3)C(C)(C)C)cc1. The number of carbonyl (C=O) groups excluding carboxylic acids is 4. The molecule has 2 aromatic heterocycles. The van der Waals surface area contributed by atoms with Crippen molar-refractivity contribution in [2.75, 3.05) is 18.9 Å². The standard InChI is InChI=1S/C48H62N8O7S/c1-30-41(64-29-51-30)32-18-16-31(17-19-32)24-50-44(61)36-22-33(57)25-56(36)45(62)42(46(2,3)4)52-39(59)14-8-6-5-7-9-15-40(60)53-48-26-47(27-48,28-48)20-21-63-38-23-35(54-55-43(38)49)34-12-10-11-13-37(34)58/h10-13,16-19,23,29,33,36,42,57-58H,5-9,14-15,20-22,24-28H2,1-4H3,(H2,49,55)(H,50,61)(H,52,59)(H,53,60)/t33-,36+,42-,47?,48?/m1/s1. The van der Waals surface area contributed by atoms with Crippen molar-refractivity contribution in [3.05, 3.63) is 71.4 Å². The summed E-state index contributed by atoms with van der Waals surface area (Å²) in [5, 5.41) is 38.0. The Kier molecular flexibility index (Phi) is 14.2. The quantitative estimate of drug-likeness (QED) is 0.0548. The molecule has 1 aliphatic heterocycles. The zero-order valence-electron chi connectivity index (χ0n) is 37.3. The Labute approximate surface area is 379 Å². The van der Waals surface area contributed by atoms with Gasteiger partial charge in [-0.05, 0) is 79.5 Å². The third-order valence-electron chi connectivity index (χ3n) is 12.9. The number of rotatable bonds is 20. The van der Waals surface area contributed by atoms with Crippen LogP contribution >= 0.6 is 11.3 Å². The summed E-state index contributed by atoms with van der Waals surface area (Å²) in [5.41, 5.74) is 11.2. The molecule has 0 radical (unpaired) electrons. The van der Waals surface area contributed by atoms with Gasteiger partial charge >= 0.3 is 0 Å². The number of carbonyl (C=O) groups is 4. The lowest BCUT2D eigenvalue weighted by Gasteiger charge is -2.71. The molecular formula is C48H62N8O7S. The van der Waals surface area contributed by atoms with E-state index in [-0.39, 0.29) is 72.1 Å². The number of phenolic OH excluding ortho intramolecular Hbond substituents is 1. The number of unbranched alkanes of at least 4 members (excludes halogenated alkanes) is 4. The number of aromatic nitrogens is 3. The molecule has 3 heterocycles. The molecule has 4 fully saturated rings. The maximum atomic E-state index is 14.0. The summed E-state index contributed by atoms with van der Waals surface area (Å²) in [6.07, 6.45) is 7.67. The lowest BCUT2D eigenvalue weighted by atomic mass is 9.38. The monoisotopic (exact) mass is 894 g/mol. The van der Waals surface area contributed by atoms with Gasteiger partial charge in [-0.25, -0.2) is 4.98 Å². The molecule has 4 aromatic rings. The molecule has 8 rings (SSSR count). The first-order valence-electron chi connectivity index (χ1n) is 22.4. The highest BCUT2D eigenvalue weighted by Gasteiger charge is 2.67. The Morgan fingerprint density at radius 3 is 2.33 bits per heavy atom. The molecule has 342 valence electrons. The molecule has 4 aliphatic rings. The summed E-state index contributed by atoms with van der Waals surface area (Å²) < 4.78 is 6.00. The first-order chi connectivity index (χ1) is 30.5. The Bertz CT molecular complexity index is 2290. The molecule has 2 aromatic carbocycles. The van der Waals surface area contributed by atoms with Crippen molar-refractivity contribution in [2.45, 2.75) is 135 Å². The summed E-state index contributed by atoms with van der Waals surface area (Å²) in [6, 6.07) is 14.8. The number of phenols is 1. The fourth-order valence-corrected chi connectivity index (χ4v) is 10.4. The number of nitrogens with one attached hydrogen (secondary N) is 3. The lowest BCUT2D eigenvalue weighted by molar-refractivity contribution is -0.171. The zero-order chi connectivity index (χ0) is 45.6. The summed E-state index contributed by atoms with van der Waals surface area (Å²) in [5.74, 6) is -0.151. The number of nitrogens with zero attached hydrogens (tertiary/aromatic N) is 4. The van der Waals surface area contributed by atoms with Crippen molar-refractivity contribution in [1.29, 1.82) is 0 Å². The van der Waals surface area contributed by atoms with E-state index in [0.29, 0.717) is 36.5 Å². The molecular weight excluding hydrogens is 833 g/mol. The van der Waals surface area contributed by atoms with Gasteiger partial charge in [0.1, 0.15) is 23.5 Å². The van der Waals surface area contributed by atoms with E-state index in [1.165, 1.54) is 4.90 Å². The highest BCUT2D eigenvalue weighted by atomic mass is 32.1. The molecule has 15 nitrogen and oxygen atoms in total. The normalized spacial score (nSPS) is 21.6. The molecule has 16 heteroatoms. The number of anilines is 1. The topological polar surface area (TPSA) is 222 Å². The van der Waals surface area contributed by atoms with Gasteiger partial charge < -0.3 is 41.5 Å². The first-order valence-corrected chi connectivity index (χ1v) is 23.3. The van der Waals surface area contributed by atoms with Gasteiger partial charge in [-0.1, -0.05) is 76.4 Å². The number of para-hydroxylation sites is 1. The number of hydrogen-bond acceptors (Lipinski definition) is 12. The largest absolute Gasteiger partial charge is 0.507 e. The fourth-order valence-electron chi connectivity index (χ4n) is 9.57. The number of β-amino-alcohol motifs (C(OH)–C–C–N with tert-alkyl or cyclic N) is 1. The minimum absolute atomic E-state index is 0.0185. The summed E-state index contributed by atoms with van der Waals surface area (Å²) in [4.78, 5) is 60.2. The van der Waals surface area contributed by atoms with Crippen LogP contribution in [0.2, 0.25) is 0 Å². The van der Waals surface area contributed by atoms with Crippen LogP contribution in [0.1, 0.15) is 109 Å². The number of thiazole rings is 1. The van der Waals surface area contributed by atoms with Gasteiger partial charge in [-0.15, -0.1) is 21.5 Å². The van der Waals surface area contributed by atoms with E-state index in [4.69, 9.17) is 10.5 Å². The zero-order valence-corrected chi connectivity index (χ0v) is 38.1. The van der Waals surface area contributed by atoms with E-state index in [9.17, 15) is 29.4 Å². The van der Waals surface area contributed by atoms with Crippen molar-refractivity contribution in [3.63, 3.8) is 0 Å². The highest BCUT2D eigenvalue weighted by Crippen LogP contribution is 2.69. The number of likely N-dealkylation sites (tertiary alicyclic amines) is 1. The molecule has 3 atom stereocenters. The van der Waals surface area contributed by atoms with Gasteiger partial charge in [-0.2, -0.15) is 0 Å². The van der Waals surface area contributed by atoms with Crippen molar-refractivity contribution >= 4 is 40.8 Å². The van der Waals surface area contributed by atoms with Crippen LogP contribution in [-0.4, -0.2) is 90.8 Å². The minimum Gasteiger partial charge on any atom is -0.507 e. The Morgan fingerprint density at radius 2 is 1.66 bits per heavy atom. The van der Waals surface area contributed by atoms with E-state index in [2.05, 4.69) is 31.1 Å². The average molecular weight is 895 g/mol. The summed E-state index contributed by atoms with van der Waals surface area (Å²) >= 11 is 1.58. The first kappa shape index (κ1) is 46.4. The maximum absolute atomic E-state index is 14.0. The fraction of sp³-hybridized carbons (Fsp3) is 0.521. The van der Waals surface area contributed by atoms with Gasteiger partial charge in [0.25, 0.3) is 0 Å². The van der Waals surface area contributed by atoms with Gasteiger partial charge in [-0.3, -0.25) is 19.2 Å². The number of aliphatic hydroxyl groups is 1. The smallest absolute Gasteiger partial charge is 0.246 e. The number of aromatic hydroxyl groups is 1. The third kappa shape index (κ3) is 11.0. The number of hydrogen-bond donors (Lipinski definition) is 6. The second kappa shape index (κ2) is 19.6. The summed E-state index contributed by atoms with van der Waals surface area (Å²) in [7, 11) is 0. The van der Waals surface area contributed by atoms with Crippen molar-refractivity contribution in [1.82, 2.24) is 36.0 Å². The van der Waals surface area contributed by atoms with Crippen molar-refractivity contribution in [2.24, 2.45) is 10.8 Å². The van der Waals surface area contributed by atoms with Crippen LogP contribution in [-0.2, 0) is 25.7 Å². The summed E-state index contributed by atoms with van der Waals surface area (Å²) in [6.45, 7) is 8.36. The van der Waals surface area contributed by atoms with Crippen LogP contribution < -0.4 is 26.4 Å². The van der Waals surface area contributed by atoms with E-state index in [0.717, 1.165) is 73.1 Å². The second-order valence-electron chi connectivity index (χ2n) is 19.2. The van der Waals surface area contributed by atoms with Gasteiger partial charge in [0, 0.05) is 49.5 Å². The van der Waals surface area contributed by atoms with Crippen LogP contribution in [0.15, 0.2) is 60.1 Å². The van der Waals surface area contributed by atoms with Crippen molar-refractivity contribution in [3.8, 4) is 33.2 Å². The van der Waals surface area contributed by atoms with E-state index >= 15 is 0 Å².